The van der Waals surface area contributed by atoms with Crippen LogP contribution in [-0.4, -0.2) is 27.8 Å². The quantitative estimate of drug-likeness (QED) is 0.660. The van der Waals surface area contributed by atoms with E-state index in [0.29, 0.717) is 14.9 Å². The molecule has 2 rings (SSSR count). The first kappa shape index (κ1) is 14.8. The minimum Gasteiger partial charge on any atom is -0.272 e. The molecule has 0 bridgehead atoms. The first-order valence-electron chi connectivity index (χ1n) is 5.39. The zero-order valence-electron chi connectivity index (χ0n) is 10.00. The Labute approximate surface area is 127 Å². The van der Waals surface area contributed by atoms with Gasteiger partial charge in [-0.25, -0.2) is 0 Å². The molecule has 9 heteroatoms. The number of nitrogens with one attached hydrogen (secondary N) is 2. The van der Waals surface area contributed by atoms with E-state index in [4.69, 9.17) is 11.6 Å². The predicted molar refractivity (Wildman–Crippen MR) is 77.7 cm³/mol. The first-order chi connectivity index (χ1) is 9.65. The second-order valence-electron chi connectivity index (χ2n) is 3.50. The molecule has 0 fully saturated rings. The number of carbonyl (C=O) groups excluding carboxylic acids is 2. The molecule has 0 radical (unpaired) electrons. The van der Waals surface area contributed by atoms with Crippen LogP contribution >= 0.6 is 34.7 Å². The molecule has 1 heterocycles. The van der Waals surface area contributed by atoms with E-state index >= 15 is 0 Å². The van der Waals surface area contributed by atoms with Crippen LogP contribution in [0.2, 0.25) is 5.02 Å². The molecule has 0 saturated heterocycles. The van der Waals surface area contributed by atoms with E-state index in [1.54, 1.807) is 29.8 Å². The lowest BCUT2D eigenvalue weighted by molar-refractivity contribution is -0.119. The fraction of sp³-hybridized carbons (Fsp3) is 0.0909. The number of nitrogens with zero attached hydrogens (tertiary/aromatic N) is 2. The normalized spacial score (nSPS) is 10.1. The average molecular weight is 329 g/mol. The molecule has 0 spiro atoms. The molecule has 2 aromatic rings. The Morgan fingerprint density at radius 2 is 2.00 bits per heavy atom. The first-order valence-corrected chi connectivity index (χ1v) is 7.63. The van der Waals surface area contributed by atoms with E-state index < -0.39 is 5.91 Å². The summed E-state index contributed by atoms with van der Waals surface area (Å²) in [6, 6.07) is 6.34. The van der Waals surface area contributed by atoms with Gasteiger partial charge in [-0.2, -0.15) is 0 Å². The van der Waals surface area contributed by atoms with Gasteiger partial charge in [0.05, 0.1) is 5.75 Å². The van der Waals surface area contributed by atoms with Gasteiger partial charge in [-0.3, -0.25) is 20.4 Å². The molecule has 0 saturated carbocycles. The molecule has 1 aromatic carbocycles. The van der Waals surface area contributed by atoms with Crippen molar-refractivity contribution in [1.29, 1.82) is 0 Å². The van der Waals surface area contributed by atoms with Crippen LogP contribution < -0.4 is 10.9 Å². The van der Waals surface area contributed by atoms with Crippen molar-refractivity contribution in [2.24, 2.45) is 0 Å². The molecule has 2 N–H and O–H groups in total. The molecular formula is C11H9ClN4O2S2. The molecule has 20 heavy (non-hydrogen) atoms. The lowest BCUT2D eigenvalue weighted by Crippen LogP contribution is -2.42. The van der Waals surface area contributed by atoms with Crippen molar-refractivity contribution in [2.45, 2.75) is 4.34 Å². The molecule has 6 nitrogen and oxygen atoms in total. The van der Waals surface area contributed by atoms with Crippen LogP contribution in [0.5, 0.6) is 0 Å². The number of amides is 2. The molecule has 1 aromatic heterocycles. The number of carbonyl (C=O) groups is 2. The monoisotopic (exact) mass is 328 g/mol. The third-order valence-electron chi connectivity index (χ3n) is 2.09. The highest BCUT2D eigenvalue weighted by atomic mass is 35.5. The summed E-state index contributed by atoms with van der Waals surface area (Å²) in [5, 5.41) is 7.99. The van der Waals surface area contributed by atoms with E-state index in [1.165, 1.54) is 23.1 Å². The number of hydrogen-bond acceptors (Lipinski definition) is 6. The fourth-order valence-corrected chi connectivity index (χ4v) is 2.60. The lowest BCUT2D eigenvalue weighted by atomic mass is 10.2. The van der Waals surface area contributed by atoms with Crippen molar-refractivity contribution >= 4 is 46.5 Å². The summed E-state index contributed by atoms with van der Waals surface area (Å²) in [6.07, 6.45) is 0. The summed E-state index contributed by atoms with van der Waals surface area (Å²) in [4.78, 5) is 23.2. The van der Waals surface area contributed by atoms with Gasteiger partial charge in [0.2, 0.25) is 5.91 Å². The zero-order chi connectivity index (χ0) is 14.4. The van der Waals surface area contributed by atoms with Crippen LogP contribution in [0.25, 0.3) is 0 Å². The van der Waals surface area contributed by atoms with Crippen LogP contribution in [0, 0.1) is 0 Å². The lowest BCUT2D eigenvalue weighted by Gasteiger charge is -2.06. The van der Waals surface area contributed by atoms with Crippen molar-refractivity contribution in [2.75, 3.05) is 5.75 Å². The van der Waals surface area contributed by atoms with E-state index in [-0.39, 0.29) is 11.7 Å². The SMILES string of the molecule is O=C(CSc1nncs1)NNC(=O)c1ccc(Cl)cc1. The van der Waals surface area contributed by atoms with Gasteiger partial charge < -0.3 is 0 Å². The molecule has 0 aliphatic heterocycles. The van der Waals surface area contributed by atoms with Crippen LogP contribution in [0.1, 0.15) is 10.4 Å². The summed E-state index contributed by atoms with van der Waals surface area (Å²) in [6.45, 7) is 0. The van der Waals surface area contributed by atoms with Crippen molar-refractivity contribution in [3.05, 3.63) is 40.4 Å². The van der Waals surface area contributed by atoms with Crippen LogP contribution in [0.15, 0.2) is 34.1 Å². The third kappa shape index (κ3) is 4.48. The highest BCUT2D eigenvalue weighted by Crippen LogP contribution is 2.17. The standard InChI is InChI=1S/C11H9ClN4O2S2/c12-8-3-1-7(2-4-8)10(18)15-14-9(17)5-19-11-16-13-6-20-11/h1-4,6H,5H2,(H,14,17)(H,15,18). The Bertz CT molecular complexity index is 589. The maximum absolute atomic E-state index is 11.7. The summed E-state index contributed by atoms with van der Waals surface area (Å²) < 4.78 is 0.698. The second-order valence-corrected chi connectivity index (χ2v) is 5.99. The number of hydrogen-bond donors (Lipinski definition) is 2. The molecule has 0 aliphatic rings. The van der Waals surface area contributed by atoms with Gasteiger partial charge in [0.25, 0.3) is 5.91 Å². The summed E-state index contributed by atoms with van der Waals surface area (Å²) in [7, 11) is 0. The molecule has 2 amide bonds. The van der Waals surface area contributed by atoms with E-state index in [9.17, 15) is 9.59 Å². The van der Waals surface area contributed by atoms with Crippen LogP contribution in [0.3, 0.4) is 0 Å². The minimum atomic E-state index is -0.407. The number of thioether (sulfide) groups is 1. The van der Waals surface area contributed by atoms with Gasteiger partial charge in [-0.15, -0.1) is 10.2 Å². The number of halogens is 1. The highest BCUT2D eigenvalue weighted by molar-refractivity contribution is 8.01. The largest absolute Gasteiger partial charge is 0.272 e. The molecule has 0 aliphatic carbocycles. The summed E-state index contributed by atoms with van der Waals surface area (Å²) in [5.74, 6) is -0.584. The van der Waals surface area contributed by atoms with Gasteiger partial charge >= 0.3 is 0 Å². The van der Waals surface area contributed by atoms with Crippen molar-refractivity contribution in [3.8, 4) is 0 Å². The second kappa shape index (κ2) is 7.22. The number of hydrazine groups is 1. The molecule has 104 valence electrons. The highest BCUT2D eigenvalue weighted by Gasteiger charge is 2.08. The topological polar surface area (TPSA) is 84.0 Å². The number of aromatic nitrogens is 2. The van der Waals surface area contributed by atoms with E-state index in [2.05, 4.69) is 21.0 Å². The fourth-order valence-electron chi connectivity index (χ4n) is 1.19. The molecular weight excluding hydrogens is 320 g/mol. The van der Waals surface area contributed by atoms with Gasteiger partial charge in [0, 0.05) is 10.6 Å². The third-order valence-corrected chi connectivity index (χ3v) is 4.20. The van der Waals surface area contributed by atoms with Crippen molar-refractivity contribution in [1.82, 2.24) is 21.0 Å². The van der Waals surface area contributed by atoms with E-state index in [1.807, 2.05) is 0 Å². The van der Waals surface area contributed by atoms with Crippen LogP contribution in [-0.2, 0) is 4.79 Å². The zero-order valence-corrected chi connectivity index (χ0v) is 12.4. The van der Waals surface area contributed by atoms with Crippen molar-refractivity contribution < 1.29 is 9.59 Å². The van der Waals surface area contributed by atoms with Gasteiger partial charge in [-0.05, 0) is 24.3 Å². The maximum atomic E-state index is 11.7. The Morgan fingerprint density at radius 3 is 2.65 bits per heavy atom. The Hall–Kier alpha value is -1.64. The van der Waals surface area contributed by atoms with Crippen LogP contribution in [0.4, 0.5) is 0 Å². The minimum absolute atomic E-state index is 0.149. The summed E-state index contributed by atoms with van der Waals surface area (Å²) in [5.41, 5.74) is 6.64. The Balaban J connectivity index is 1.75. The predicted octanol–water partition coefficient (Wildman–Crippen LogP) is 1.74. The van der Waals surface area contributed by atoms with Crippen molar-refractivity contribution in [3.63, 3.8) is 0 Å². The molecule has 0 unspecified atom stereocenters. The van der Waals surface area contributed by atoms with Gasteiger partial charge in [0.15, 0.2) is 4.34 Å². The number of benzene rings is 1. The maximum Gasteiger partial charge on any atom is 0.269 e. The average Bonchev–Trinajstić information content (AvgIpc) is 2.96. The Kier molecular flexibility index (Phi) is 5.33. The van der Waals surface area contributed by atoms with Gasteiger partial charge in [-0.1, -0.05) is 34.7 Å². The van der Waals surface area contributed by atoms with Gasteiger partial charge in [0.1, 0.15) is 5.51 Å². The molecule has 0 atom stereocenters. The van der Waals surface area contributed by atoms with E-state index in [0.717, 1.165) is 0 Å². The summed E-state index contributed by atoms with van der Waals surface area (Å²) >= 11 is 8.32. The smallest absolute Gasteiger partial charge is 0.269 e. The number of rotatable bonds is 4. The Morgan fingerprint density at radius 1 is 1.25 bits per heavy atom.